The number of aryl methyl sites for hydroxylation is 1. The average molecular weight is 383 g/mol. The fourth-order valence-corrected chi connectivity index (χ4v) is 5.13. The van der Waals surface area contributed by atoms with Crippen LogP contribution in [0.1, 0.15) is 26.7 Å². The number of piperidine rings is 1. The molecule has 1 aromatic carbocycles. The van der Waals surface area contributed by atoms with Gasteiger partial charge in [0.2, 0.25) is 10.0 Å². The first-order valence-electron chi connectivity index (χ1n) is 9.19. The van der Waals surface area contributed by atoms with E-state index in [1.807, 2.05) is 0 Å². The van der Waals surface area contributed by atoms with Crippen molar-refractivity contribution in [3.05, 3.63) is 28.7 Å². The van der Waals surface area contributed by atoms with E-state index in [2.05, 4.69) is 18.6 Å². The standard InChI is InChI=1S/C18H27N3O4S/c1-13-9-14(2)12-21(11-13)8-4-7-19-26(23,24)15-5-6-16-17(10-15)25-18(22)20(16)3/h5-6,10,13-14,19H,4,7-9,11-12H2,1-3H3/p+1/t13-,14-/m1/s1. The second-order valence-electron chi connectivity index (χ2n) is 7.66. The smallest absolute Gasteiger partial charge is 0.408 e. The Hall–Kier alpha value is -1.64. The van der Waals surface area contributed by atoms with Gasteiger partial charge in [-0.15, -0.1) is 0 Å². The molecule has 1 aromatic heterocycles. The lowest BCUT2D eigenvalue weighted by Gasteiger charge is -2.32. The Balaban J connectivity index is 1.58. The van der Waals surface area contributed by atoms with Crippen molar-refractivity contribution in [1.82, 2.24) is 9.29 Å². The van der Waals surface area contributed by atoms with Crippen molar-refractivity contribution >= 4 is 21.1 Å². The average Bonchev–Trinajstić information content (AvgIpc) is 2.85. The van der Waals surface area contributed by atoms with Crippen molar-refractivity contribution < 1.29 is 17.7 Å². The highest BCUT2D eigenvalue weighted by molar-refractivity contribution is 7.89. The Labute approximate surface area is 154 Å². The van der Waals surface area contributed by atoms with E-state index in [9.17, 15) is 13.2 Å². The summed E-state index contributed by atoms with van der Waals surface area (Å²) in [6, 6.07) is 4.49. The summed E-state index contributed by atoms with van der Waals surface area (Å²) in [4.78, 5) is 13.2. The minimum absolute atomic E-state index is 0.118. The molecule has 1 aliphatic rings. The molecular weight excluding hydrogens is 354 g/mol. The normalized spacial score (nSPS) is 24.2. The highest BCUT2D eigenvalue weighted by atomic mass is 32.2. The number of oxazole rings is 1. The van der Waals surface area contributed by atoms with Gasteiger partial charge in [-0.3, -0.25) is 4.57 Å². The largest absolute Gasteiger partial charge is 0.419 e. The van der Waals surface area contributed by atoms with Gasteiger partial charge in [-0.05, 0) is 18.6 Å². The van der Waals surface area contributed by atoms with E-state index in [1.54, 1.807) is 18.0 Å². The van der Waals surface area contributed by atoms with Crippen LogP contribution in [0.15, 0.2) is 32.3 Å². The van der Waals surface area contributed by atoms with E-state index in [4.69, 9.17) is 4.42 Å². The molecule has 3 rings (SSSR count). The number of nitrogens with zero attached hydrogens (tertiary/aromatic N) is 1. The zero-order valence-corrected chi connectivity index (χ0v) is 16.4. The van der Waals surface area contributed by atoms with Gasteiger partial charge in [0.1, 0.15) is 0 Å². The lowest BCUT2D eigenvalue weighted by molar-refractivity contribution is -0.912. The number of quaternary nitrogens is 1. The number of benzene rings is 1. The van der Waals surface area contributed by atoms with E-state index in [1.165, 1.54) is 36.2 Å². The monoisotopic (exact) mass is 382 g/mol. The molecule has 0 unspecified atom stereocenters. The Kier molecular flexibility index (Phi) is 5.55. The molecule has 26 heavy (non-hydrogen) atoms. The maximum Gasteiger partial charge on any atom is 0.419 e. The highest BCUT2D eigenvalue weighted by Gasteiger charge is 2.24. The Morgan fingerprint density at radius 1 is 1.27 bits per heavy atom. The number of nitrogens with one attached hydrogen (secondary N) is 2. The first kappa shape index (κ1) is 19.1. The topological polar surface area (TPSA) is 85.8 Å². The van der Waals surface area contributed by atoms with Crippen LogP contribution in [0.2, 0.25) is 0 Å². The summed E-state index contributed by atoms with van der Waals surface area (Å²) in [6.45, 7) is 8.30. The number of hydrogen-bond donors (Lipinski definition) is 2. The Morgan fingerprint density at radius 2 is 1.96 bits per heavy atom. The SMILES string of the molecule is C[C@@H]1C[C@@H](C)C[NH+](CCCNS(=O)(=O)c2ccc3c(c2)oc(=O)n3C)C1. The molecule has 0 bridgehead atoms. The molecule has 0 spiro atoms. The van der Waals surface area contributed by atoms with Crippen LogP contribution in [0, 0.1) is 11.8 Å². The van der Waals surface area contributed by atoms with E-state index in [-0.39, 0.29) is 10.5 Å². The molecule has 7 nitrogen and oxygen atoms in total. The highest BCUT2D eigenvalue weighted by Crippen LogP contribution is 2.17. The first-order chi connectivity index (χ1) is 12.3. The molecule has 0 radical (unpaired) electrons. The van der Waals surface area contributed by atoms with Crippen LogP contribution in [0.4, 0.5) is 0 Å². The van der Waals surface area contributed by atoms with Gasteiger partial charge in [-0.1, -0.05) is 13.8 Å². The van der Waals surface area contributed by atoms with Crippen molar-refractivity contribution in [3.63, 3.8) is 0 Å². The molecule has 144 valence electrons. The van der Waals surface area contributed by atoms with Crippen molar-refractivity contribution in [2.75, 3.05) is 26.2 Å². The van der Waals surface area contributed by atoms with Crippen LogP contribution >= 0.6 is 0 Å². The Bertz CT molecular complexity index is 922. The lowest BCUT2D eigenvalue weighted by Crippen LogP contribution is -3.14. The summed E-state index contributed by atoms with van der Waals surface area (Å²) in [6.07, 6.45) is 2.09. The van der Waals surface area contributed by atoms with Gasteiger partial charge in [0.05, 0.1) is 30.0 Å². The van der Waals surface area contributed by atoms with Gasteiger partial charge in [0, 0.05) is 37.9 Å². The maximum atomic E-state index is 12.5. The van der Waals surface area contributed by atoms with Crippen LogP contribution < -0.4 is 15.4 Å². The fourth-order valence-electron chi connectivity index (χ4n) is 4.04. The Morgan fingerprint density at radius 3 is 2.65 bits per heavy atom. The van der Waals surface area contributed by atoms with E-state index in [0.717, 1.165) is 24.8 Å². The minimum atomic E-state index is -3.61. The number of hydrogen-bond acceptors (Lipinski definition) is 4. The predicted octanol–water partition coefficient (Wildman–Crippen LogP) is 0.361. The molecule has 2 atom stereocenters. The van der Waals surface area contributed by atoms with Crippen LogP contribution in [0.25, 0.3) is 11.1 Å². The summed E-state index contributed by atoms with van der Waals surface area (Å²) in [5.74, 6) is 0.964. The number of sulfonamides is 1. The van der Waals surface area contributed by atoms with Crippen LogP contribution in [-0.4, -0.2) is 39.2 Å². The van der Waals surface area contributed by atoms with E-state index >= 15 is 0 Å². The molecule has 2 heterocycles. The summed E-state index contributed by atoms with van der Waals surface area (Å²) < 4.78 is 34.0. The predicted molar refractivity (Wildman–Crippen MR) is 99.8 cm³/mol. The van der Waals surface area contributed by atoms with Gasteiger partial charge >= 0.3 is 5.76 Å². The molecule has 2 N–H and O–H groups in total. The van der Waals surface area contributed by atoms with Crippen molar-refractivity contribution in [3.8, 4) is 0 Å². The van der Waals surface area contributed by atoms with Crippen LogP contribution in [0.5, 0.6) is 0 Å². The molecular formula is C18H28N3O4S+. The quantitative estimate of drug-likeness (QED) is 0.707. The van der Waals surface area contributed by atoms with E-state index in [0.29, 0.717) is 12.1 Å². The van der Waals surface area contributed by atoms with Gasteiger partial charge in [-0.25, -0.2) is 17.9 Å². The van der Waals surface area contributed by atoms with Gasteiger partial charge in [0.25, 0.3) is 0 Å². The molecule has 8 heteroatoms. The van der Waals surface area contributed by atoms with Gasteiger partial charge < -0.3 is 9.32 Å². The molecule has 1 aliphatic heterocycles. The second kappa shape index (κ2) is 7.54. The molecule has 2 aromatic rings. The van der Waals surface area contributed by atoms with Gasteiger partial charge in [-0.2, -0.15) is 0 Å². The first-order valence-corrected chi connectivity index (χ1v) is 10.7. The fraction of sp³-hybridized carbons (Fsp3) is 0.611. The maximum absolute atomic E-state index is 12.5. The number of rotatable bonds is 6. The number of aromatic nitrogens is 1. The zero-order chi connectivity index (χ0) is 18.9. The molecule has 1 saturated heterocycles. The van der Waals surface area contributed by atoms with Crippen LogP contribution in [-0.2, 0) is 17.1 Å². The third-order valence-electron chi connectivity index (χ3n) is 5.15. The van der Waals surface area contributed by atoms with Crippen molar-refractivity contribution in [1.29, 1.82) is 0 Å². The molecule has 0 aliphatic carbocycles. The van der Waals surface area contributed by atoms with Crippen molar-refractivity contribution in [2.24, 2.45) is 18.9 Å². The van der Waals surface area contributed by atoms with Crippen LogP contribution in [0.3, 0.4) is 0 Å². The molecule has 0 amide bonds. The minimum Gasteiger partial charge on any atom is -0.408 e. The molecule has 1 fully saturated rings. The second-order valence-corrected chi connectivity index (χ2v) is 9.43. The lowest BCUT2D eigenvalue weighted by atomic mass is 9.92. The molecule has 0 saturated carbocycles. The van der Waals surface area contributed by atoms with E-state index < -0.39 is 15.8 Å². The number of fused-ring (bicyclic) bond motifs is 1. The third-order valence-corrected chi connectivity index (χ3v) is 6.61. The summed E-state index contributed by atoms with van der Waals surface area (Å²) >= 11 is 0. The van der Waals surface area contributed by atoms with Crippen molar-refractivity contribution in [2.45, 2.75) is 31.6 Å². The summed E-state index contributed by atoms with van der Waals surface area (Å²) in [7, 11) is -2.02. The van der Waals surface area contributed by atoms with Gasteiger partial charge in [0.15, 0.2) is 5.58 Å². The summed E-state index contributed by atoms with van der Waals surface area (Å²) in [5, 5.41) is 0. The third kappa shape index (κ3) is 4.19. The summed E-state index contributed by atoms with van der Waals surface area (Å²) in [5.41, 5.74) is 0.854. The zero-order valence-electron chi connectivity index (χ0n) is 15.6. The number of likely N-dealkylation sites (tertiary alicyclic amines) is 1.